The van der Waals surface area contributed by atoms with Crippen LogP contribution in [-0.4, -0.2) is 13.0 Å². The maximum Gasteiger partial charge on any atom is 0.379 e. The number of carbonyl (C=O) groups is 1. The monoisotopic (exact) mass is 169 g/mol. The summed E-state index contributed by atoms with van der Waals surface area (Å²) in [5.74, 6) is -0.921. The van der Waals surface area contributed by atoms with Crippen molar-refractivity contribution in [2.24, 2.45) is 5.73 Å². The Balaban J connectivity index is 3.19. The summed E-state index contributed by atoms with van der Waals surface area (Å²) in [6.07, 6.45) is 0. The van der Waals surface area contributed by atoms with Crippen molar-refractivity contribution < 1.29 is 13.9 Å². The lowest BCUT2D eigenvalue weighted by Gasteiger charge is -1.96. The van der Waals surface area contributed by atoms with Gasteiger partial charge in [0, 0.05) is 0 Å². The highest BCUT2D eigenvalue weighted by Gasteiger charge is 2.06. The molecule has 1 heterocycles. The molecule has 0 radical (unpaired) electrons. The molecule has 1 amide bonds. The minimum Gasteiger partial charge on any atom is -0.490 e. The maximum atomic E-state index is 10.9. The number of primary amides is 1. The van der Waals surface area contributed by atoms with Gasteiger partial charge in [0.05, 0.1) is 7.11 Å². The van der Waals surface area contributed by atoms with Gasteiger partial charge in [-0.3, -0.25) is 4.79 Å². The number of nitrogens with two attached hydrogens (primary N) is 1. The van der Waals surface area contributed by atoms with Crippen LogP contribution >= 0.6 is 0 Å². The number of methoxy groups -OCH3 is 1. The number of ether oxygens (including phenoxy) is 1. The molecule has 0 fully saturated rings. The van der Waals surface area contributed by atoms with Gasteiger partial charge in [0.25, 0.3) is 5.91 Å². The smallest absolute Gasteiger partial charge is 0.379 e. The van der Waals surface area contributed by atoms with Crippen LogP contribution in [-0.2, 0) is 0 Å². The summed E-state index contributed by atoms with van der Waals surface area (Å²) in [7, 11) is 1.33. The Morgan fingerprint density at radius 2 is 2.25 bits per heavy atom. The first-order valence-corrected chi connectivity index (χ1v) is 3.13. The summed E-state index contributed by atoms with van der Waals surface area (Å²) in [6.45, 7) is 0. The summed E-state index contributed by atoms with van der Waals surface area (Å²) >= 11 is 0. The number of rotatable bonds is 2. The molecule has 0 aliphatic heterocycles. The van der Waals surface area contributed by atoms with Crippen molar-refractivity contribution in [3.8, 4) is 5.75 Å². The average molecular weight is 169 g/mol. The van der Waals surface area contributed by atoms with E-state index in [0.717, 1.165) is 0 Å². The van der Waals surface area contributed by atoms with E-state index in [4.69, 9.17) is 5.73 Å². The highest BCUT2D eigenvalue weighted by atomic mass is 16.5. The van der Waals surface area contributed by atoms with Gasteiger partial charge in [-0.05, 0) is 12.1 Å². The zero-order valence-electron chi connectivity index (χ0n) is 6.37. The first kappa shape index (κ1) is 8.32. The van der Waals surface area contributed by atoms with Crippen LogP contribution in [0.25, 0.3) is 0 Å². The van der Waals surface area contributed by atoms with Crippen molar-refractivity contribution >= 4 is 5.91 Å². The lowest BCUT2D eigenvalue weighted by Crippen LogP contribution is -2.14. The number of hydrogen-bond donors (Lipinski definition) is 1. The van der Waals surface area contributed by atoms with Crippen LogP contribution in [0.15, 0.2) is 21.3 Å². The van der Waals surface area contributed by atoms with Gasteiger partial charge in [0.1, 0.15) is 0 Å². The van der Waals surface area contributed by atoms with Gasteiger partial charge in [0.2, 0.25) is 5.75 Å². The molecule has 5 nitrogen and oxygen atoms in total. The zero-order chi connectivity index (χ0) is 9.14. The van der Waals surface area contributed by atoms with Crippen LogP contribution in [0.1, 0.15) is 10.6 Å². The minimum absolute atomic E-state index is 0.0417. The van der Waals surface area contributed by atoms with E-state index in [9.17, 15) is 9.59 Å². The molecule has 1 aromatic heterocycles. The van der Waals surface area contributed by atoms with Crippen LogP contribution in [0.3, 0.4) is 0 Å². The Labute approximate surface area is 67.7 Å². The van der Waals surface area contributed by atoms with E-state index in [-0.39, 0.29) is 11.5 Å². The topological polar surface area (TPSA) is 82.5 Å². The second-order valence-corrected chi connectivity index (χ2v) is 2.02. The van der Waals surface area contributed by atoms with Gasteiger partial charge in [-0.2, -0.15) is 0 Å². The Bertz CT molecular complexity index is 355. The molecule has 0 saturated heterocycles. The average Bonchev–Trinajstić information content (AvgIpc) is 2.04. The molecule has 12 heavy (non-hydrogen) atoms. The second kappa shape index (κ2) is 3.08. The molecule has 0 unspecified atom stereocenters. The van der Waals surface area contributed by atoms with Gasteiger partial charge < -0.3 is 14.9 Å². The zero-order valence-corrected chi connectivity index (χ0v) is 6.37. The molecule has 0 bridgehead atoms. The molecular weight excluding hydrogens is 162 g/mol. The molecule has 0 aromatic carbocycles. The summed E-state index contributed by atoms with van der Waals surface area (Å²) in [6, 6.07) is 2.61. The minimum atomic E-state index is -0.783. The molecule has 1 rings (SSSR count). The third-order valence-electron chi connectivity index (χ3n) is 1.25. The Hall–Kier alpha value is -1.78. The maximum absolute atomic E-state index is 10.9. The molecule has 0 spiro atoms. The third kappa shape index (κ3) is 1.45. The molecular formula is C7H7NO4. The van der Waals surface area contributed by atoms with Gasteiger partial charge in [-0.15, -0.1) is 0 Å². The fraction of sp³-hybridized carbons (Fsp3) is 0.143. The van der Waals surface area contributed by atoms with Gasteiger partial charge in [-0.1, -0.05) is 0 Å². The predicted molar refractivity (Wildman–Crippen MR) is 40.0 cm³/mol. The first-order chi connectivity index (χ1) is 5.65. The standard InChI is InChI=1S/C7H7NO4/c1-11-5-3-2-4(6(8)9)12-7(5)10/h2-3H,1H3,(H2,8,9). The highest BCUT2D eigenvalue weighted by molar-refractivity contribution is 5.89. The van der Waals surface area contributed by atoms with Crippen molar-refractivity contribution in [1.82, 2.24) is 0 Å². The molecule has 64 valence electrons. The Morgan fingerprint density at radius 1 is 1.58 bits per heavy atom. The number of hydrogen-bond acceptors (Lipinski definition) is 4. The highest BCUT2D eigenvalue weighted by Crippen LogP contribution is 2.03. The fourth-order valence-electron chi connectivity index (χ4n) is 0.687. The number of amides is 1. The van der Waals surface area contributed by atoms with E-state index in [1.165, 1.54) is 19.2 Å². The molecule has 1 aromatic rings. The molecule has 0 aliphatic carbocycles. The molecule has 0 saturated carbocycles. The van der Waals surface area contributed by atoms with E-state index in [0.29, 0.717) is 0 Å². The van der Waals surface area contributed by atoms with Crippen molar-refractivity contribution in [1.29, 1.82) is 0 Å². The van der Waals surface area contributed by atoms with Gasteiger partial charge >= 0.3 is 5.63 Å². The van der Waals surface area contributed by atoms with E-state index in [2.05, 4.69) is 9.15 Å². The summed E-state index contributed by atoms with van der Waals surface area (Å²) < 4.78 is 9.13. The normalized spacial score (nSPS) is 9.42. The SMILES string of the molecule is COc1ccc(C(N)=O)oc1=O. The van der Waals surface area contributed by atoms with Crippen LogP contribution in [0.2, 0.25) is 0 Å². The first-order valence-electron chi connectivity index (χ1n) is 3.13. The quantitative estimate of drug-likeness (QED) is 0.661. The fourth-order valence-corrected chi connectivity index (χ4v) is 0.687. The molecule has 0 atom stereocenters. The summed E-state index contributed by atoms with van der Waals surface area (Å²) in [5, 5.41) is 0. The molecule has 2 N–H and O–H groups in total. The van der Waals surface area contributed by atoms with Crippen molar-refractivity contribution in [3.63, 3.8) is 0 Å². The largest absolute Gasteiger partial charge is 0.490 e. The van der Waals surface area contributed by atoms with Crippen molar-refractivity contribution in [3.05, 3.63) is 28.3 Å². The van der Waals surface area contributed by atoms with Crippen LogP contribution < -0.4 is 16.1 Å². The lowest BCUT2D eigenvalue weighted by molar-refractivity contribution is 0.0968. The molecule has 5 heteroatoms. The van der Waals surface area contributed by atoms with Gasteiger partial charge in [-0.25, -0.2) is 4.79 Å². The van der Waals surface area contributed by atoms with Crippen LogP contribution in [0, 0.1) is 0 Å². The summed E-state index contributed by atoms with van der Waals surface area (Å²) in [5.41, 5.74) is 4.15. The van der Waals surface area contributed by atoms with Crippen molar-refractivity contribution in [2.75, 3.05) is 7.11 Å². The van der Waals surface area contributed by atoms with Gasteiger partial charge in [0.15, 0.2) is 5.76 Å². The second-order valence-electron chi connectivity index (χ2n) is 2.02. The lowest BCUT2D eigenvalue weighted by atomic mass is 10.4. The predicted octanol–water partition coefficient (Wildman–Crippen LogP) is -0.253. The van der Waals surface area contributed by atoms with Crippen LogP contribution in [0.4, 0.5) is 0 Å². The van der Waals surface area contributed by atoms with Crippen molar-refractivity contribution in [2.45, 2.75) is 0 Å². The Kier molecular flexibility index (Phi) is 2.14. The Morgan fingerprint density at radius 3 is 2.67 bits per heavy atom. The number of carbonyl (C=O) groups excluding carboxylic acids is 1. The van der Waals surface area contributed by atoms with E-state index in [1.54, 1.807) is 0 Å². The van der Waals surface area contributed by atoms with E-state index in [1.807, 2.05) is 0 Å². The molecule has 0 aliphatic rings. The van der Waals surface area contributed by atoms with E-state index < -0.39 is 11.5 Å². The van der Waals surface area contributed by atoms with E-state index >= 15 is 0 Å². The summed E-state index contributed by atoms with van der Waals surface area (Å²) in [4.78, 5) is 21.4. The third-order valence-corrected chi connectivity index (χ3v) is 1.25. The van der Waals surface area contributed by atoms with Crippen LogP contribution in [0.5, 0.6) is 5.75 Å².